The average Bonchev–Trinajstić information content (AvgIpc) is 2.47. The van der Waals surface area contributed by atoms with Crippen LogP contribution < -0.4 is 5.32 Å². The molecule has 0 aliphatic heterocycles. The van der Waals surface area contributed by atoms with Crippen LogP contribution in [0.25, 0.3) is 0 Å². The second-order valence-electron chi connectivity index (χ2n) is 6.41. The first kappa shape index (κ1) is 15.9. The van der Waals surface area contributed by atoms with E-state index in [0.29, 0.717) is 6.61 Å². The number of ether oxygens (including phenoxy) is 1. The first-order chi connectivity index (χ1) is 10.0. The molecule has 0 bridgehead atoms. The molecule has 0 radical (unpaired) electrons. The van der Waals surface area contributed by atoms with Gasteiger partial charge in [0.15, 0.2) is 0 Å². The normalized spacial score (nSPS) is 18.8. The molecule has 0 spiro atoms. The number of aryl methyl sites for hydroxylation is 1. The Kier molecular flexibility index (Phi) is 5.27. The summed E-state index contributed by atoms with van der Waals surface area (Å²) in [4.78, 5) is 12.4. The van der Waals surface area contributed by atoms with E-state index in [0.717, 1.165) is 18.5 Å². The number of anilines is 1. The molecule has 1 aliphatic carbocycles. The van der Waals surface area contributed by atoms with Gasteiger partial charge in [-0.15, -0.1) is 0 Å². The van der Waals surface area contributed by atoms with Gasteiger partial charge in [-0.2, -0.15) is 0 Å². The van der Waals surface area contributed by atoms with E-state index in [1.54, 1.807) is 0 Å². The lowest BCUT2D eigenvalue weighted by Crippen LogP contribution is -2.46. The van der Waals surface area contributed by atoms with E-state index in [2.05, 4.69) is 31.3 Å². The van der Waals surface area contributed by atoms with Gasteiger partial charge >= 0.3 is 5.97 Å². The Morgan fingerprint density at radius 2 is 1.86 bits per heavy atom. The summed E-state index contributed by atoms with van der Waals surface area (Å²) >= 11 is 0. The number of hydrogen-bond acceptors (Lipinski definition) is 3. The highest BCUT2D eigenvalue weighted by molar-refractivity contribution is 5.80. The monoisotopic (exact) mass is 289 g/mol. The van der Waals surface area contributed by atoms with E-state index in [1.807, 2.05) is 19.1 Å². The van der Waals surface area contributed by atoms with Crippen molar-refractivity contribution in [2.24, 2.45) is 5.41 Å². The van der Waals surface area contributed by atoms with Crippen LogP contribution in [-0.2, 0) is 9.53 Å². The van der Waals surface area contributed by atoms with Crippen molar-refractivity contribution < 1.29 is 9.53 Å². The van der Waals surface area contributed by atoms with Gasteiger partial charge in [0.25, 0.3) is 0 Å². The van der Waals surface area contributed by atoms with Gasteiger partial charge in [0.2, 0.25) is 0 Å². The predicted molar refractivity (Wildman–Crippen MR) is 86.4 cm³/mol. The molecule has 1 aromatic rings. The van der Waals surface area contributed by atoms with Crippen molar-refractivity contribution in [3.8, 4) is 0 Å². The Labute approximate surface area is 128 Å². The Balaban J connectivity index is 2.18. The highest BCUT2D eigenvalue weighted by Gasteiger charge is 2.40. The molecule has 1 atom stereocenters. The van der Waals surface area contributed by atoms with Crippen molar-refractivity contribution in [3.63, 3.8) is 0 Å². The summed E-state index contributed by atoms with van der Waals surface area (Å²) in [5.74, 6) is -0.123. The van der Waals surface area contributed by atoms with Gasteiger partial charge in [0.1, 0.15) is 6.04 Å². The molecule has 1 unspecified atom stereocenters. The van der Waals surface area contributed by atoms with Crippen LogP contribution in [0.2, 0.25) is 0 Å². The van der Waals surface area contributed by atoms with Crippen molar-refractivity contribution >= 4 is 11.7 Å². The molecule has 21 heavy (non-hydrogen) atoms. The second-order valence-corrected chi connectivity index (χ2v) is 6.41. The smallest absolute Gasteiger partial charge is 0.329 e. The molecule has 1 N–H and O–H groups in total. The molecule has 1 aromatic carbocycles. The molecule has 3 nitrogen and oxygen atoms in total. The van der Waals surface area contributed by atoms with Gasteiger partial charge in [-0.05, 0) is 44.2 Å². The van der Waals surface area contributed by atoms with E-state index in [1.165, 1.54) is 24.8 Å². The zero-order valence-corrected chi connectivity index (χ0v) is 13.4. The topological polar surface area (TPSA) is 38.3 Å². The number of rotatable bonds is 5. The van der Waals surface area contributed by atoms with Gasteiger partial charge in [-0.3, -0.25) is 0 Å². The minimum Gasteiger partial charge on any atom is -0.464 e. The maximum atomic E-state index is 12.4. The summed E-state index contributed by atoms with van der Waals surface area (Å²) < 4.78 is 5.32. The van der Waals surface area contributed by atoms with Crippen LogP contribution in [0.15, 0.2) is 24.3 Å². The molecular weight excluding hydrogens is 262 g/mol. The largest absolute Gasteiger partial charge is 0.464 e. The molecule has 1 aliphatic rings. The Bertz CT molecular complexity index is 461. The summed E-state index contributed by atoms with van der Waals surface area (Å²) in [7, 11) is 0. The van der Waals surface area contributed by atoms with Crippen LogP contribution in [0.3, 0.4) is 0 Å². The summed E-state index contributed by atoms with van der Waals surface area (Å²) in [5, 5.41) is 3.43. The fourth-order valence-electron chi connectivity index (χ4n) is 3.21. The van der Waals surface area contributed by atoms with Crippen LogP contribution in [0.5, 0.6) is 0 Å². The second kappa shape index (κ2) is 6.97. The molecule has 0 amide bonds. The van der Waals surface area contributed by atoms with Crippen LogP contribution in [0.4, 0.5) is 5.69 Å². The van der Waals surface area contributed by atoms with Crippen LogP contribution in [0.1, 0.15) is 51.5 Å². The lowest BCUT2D eigenvalue weighted by atomic mass is 9.70. The summed E-state index contributed by atoms with van der Waals surface area (Å²) in [5.41, 5.74) is 2.19. The molecule has 0 saturated heterocycles. The maximum absolute atomic E-state index is 12.4. The minimum absolute atomic E-state index is 0.0185. The fraction of sp³-hybridized carbons (Fsp3) is 0.611. The fourth-order valence-corrected chi connectivity index (χ4v) is 3.21. The Morgan fingerprint density at radius 3 is 2.43 bits per heavy atom. The molecule has 116 valence electrons. The molecule has 0 aromatic heterocycles. The number of hydrogen-bond donors (Lipinski definition) is 1. The molecule has 0 heterocycles. The molecule has 2 rings (SSSR count). The lowest BCUT2D eigenvalue weighted by molar-refractivity contribution is -0.147. The number of carbonyl (C=O) groups is 1. The highest BCUT2D eigenvalue weighted by atomic mass is 16.5. The standard InChI is InChI=1S/C18H27NO2/c1-4-21-17(20)16(18(3)12-6-5-7-13-18)19-15-10-8-14(2)9-11-15/h8-11,16,19H,4-7,12-13H2,1-3H3. The third-order valence-corrected chi connectivity index (χ3v) is 4.58. The SMILES string of the molecule is CCOC(=O)C(Nc1ccc(C)cc1)C1(C)CCCCC1. The van der Waals surface area contributed by atoms with Gasteiger partial charge in [-0.25, -0.2) is 4.79 Å². The van der Waals surface area contributed by atoms with Crippen LogP contribution in [0, 0.1) is 12.3 Å². The molecule has 1 fully saturated rings. The van der Waals surface area contributed by atoms with E-state index < -0.39 is 0 Å². The number of nitrogens with one attached hydrogen (secondary N) is 1. The molecule has 3 heteroatoms. The Hall–Kier alpha value is -1.51. The third kappa shape index (κ3) is 3.99. The summed E-state index contributed by atoms with van der Waals surface area (Å²) in [6, 6.07) is 7.93. The summed E-state index contributed by atoms with van der Waals surface area (Å²) in [6.45, 7) is 6.58. The first-order valence-corrected chi connectivity index (χ1v) is 8.05. The van der Waals surface area contributed by atoms with Crippen molar-refractivity contribution in [2.45, 2.75) is 58.9 Å². The number of benzene rings is 1. The number of esters is 1. The first-order valence-electron chi connectivity index (χ1n) is 8.05. The van der Waals surface area contributed by atoms with Crippen molar-refractivity contribution in [1.82, 2.24) is 0 Å². The Morgan fingerprint density at radius 1 is 1.24 bits per heavy atom. The van der Waals surface area contributed by atoms with Crippen molar-refractivity contribution in [2.75, 3.05) is 11.9 Å². The zero-order valence-electron chi connectivity index (χ0n) is 13.4. The van der Waals surface area contributed by atoms with E-state index >= 15 is 0 Å². The van der Waals surface area contributed by atoms with Crippen LogP contribution >= 0.6 is 0 Å². The number of carbonyl (C=O) groups excluding carboxylic acids is 1. The quantitative estimate of drug-likeness (QED) is 0.821. The summed E-state index contributed by atoms with van der Waals surface area (Å²) in [6.07, 6.45) is 5.82. The van der Waals surface area contributed by atoms with E-state index in [-0.39, 0.29) is 17.4 Å². The molecular formula is C18H27NO2. The highest BCUT2D eigenvalue weighted by Crippen LogP contribution is 2.40. The maximum Gasteiger partial charge on any atom is 0.329 e. The average molecular weight is 289 g/mol. The lowest BCUT2D eigenvalue weighted by Gasteiger charge is -2.40. The van der Waals surface area contributed by atoms with E-state index in [9.17, 15) is 4.79 Å². The third-order valence-electron chi connectivity index (χ3n) is 4.58. The minimum atomic E-state index is -0.263. The van der Waals surface area contributed by atoms with Crippen LogP contribution in [-0.4, -0.2) is 18.6 Å². The van der Waals surface area contributed by atoms with Gasteiger partial charge < -0.3 is 10.1 Å². The van der Waals surface area contributed by atoms with Gasteiger partial charge in [0, 0.05) is 5.69 Å². The van der Waals surface area contributed by atoms with Gasteiger partial charge in [0.05, 0.1) is 6.61 Å². The molecule has 1 saturated carbocycles. The van der Waals surface area contributed by atoms with Crippen molar-refractivity contribution in [1.29, 1.82) is 0 Å². The van der Waals surface area contributed by atoms with Crippen molar-refractivity contribution in [3.05, 3.63) is 29.8 Å². The van der Waals surface area contributed by atoms with E-state index in [4.69, 9.17) is 4.74 Å². The predicted octanol–water partition coefficient (Wildman–Crippen LogP) is 4.31. The van der Waals surface area contributed by atoms with Gasteiger partial charge in [-0.1, -0.05) is 43.9 Å². The zero-order chi connectivity index (χ0) is 15.3.